The molecule has 0 aliphatic carbocycles. The van der Waals surface area contributed by atoms with Crippen molar-refractivity contribution >= 4 is 33.3 Å². The SMILES string of the molecule is CCc1ccc(-c2csc3ncnc(SC4CCN(C)CC4)c23)cc1. The predicted octanol–water partition coefficient (Wildman–Crippen LogP) is 5.11. The Morgan fingerprint density at radius 1 is 1.16 bits per heavy atom. The molecule has 0 radical (unpaired) electrons. The molecule has 25 heavy (non-hydrogen) atoms. The molecule has 1 saturated heterocycles. The summed E-state index contributed by atoms with van der Waals surface area (Å²) in [5.74, 6) is 0. The van der Waals surface area contributed by atoms with Gasteiger partial charge in [0.05, 0.1) is 5.39 Å². The van der Waals surface area contributed by atoms with Gasteiger partial charge in [-0.15, -0.1) is 23.1 Å². The number of rotatable bonds is 4. The van der Waals surface area contributed by atoms with E-state index in [1.54, 1.807) is 17.7 Å². The molecule has 1 aliphatic rings. The Hall–Kier alpha value is -1.43. The summed E-state index contributed by atoms with van der Waals surface area (Å²) >= 11 is 3.67. The molecule has 0 bridgehead atoms. The number of thiophene rings is 1. The molecule has 0 N–H and O–H groups in total. The molecule has 4 rings (SSSR count). The van der Waals surface area contributed by atoms with Crippen molar-refractivity contribution in [1.29, 1.82) is 0 Å². The smallest absolute Gasteiger partial charge is 0.128 e. The minimum absolute atomic E-state index is 0.657. The fourth-order valence-corrected chi connectivity index (χ4v) is 5.51. The molecule has 1 fully saturated rings. The van der Waals surface area contributed by atoms with Gasteiger partial charge in [0.1, 0.15) is 16.2 Å². The zero-order chi connectivity index (χ0) is 17.2. The van der Waals surface area contributed by atoms with Crippen LogP contribution in [0.5, 0.6) is 0 Å². The van der Waals surface area contributed by atoms with E-state index in [4.69, 9.17) is 0 Å². The summed E-state index contributed by atoms with van der Waals surface area (Å²) in [4.78, 5) is 12.7. The van der Waals surface area contributed by atoms with E-state index in [1.807, 2.05) is 11.8 Å². The molecule has 3 heterocycles. The fraction of sp³-hybridized carbons (Fsp3) is 0.400. The van der Waals surface area contributed by atoms with Gasteiger partial charge in [-0.05, 0) is 50.5 Å². The summed E-state index contributed by atoms with van der Waals surface area (Å²) in [6.45, 7) is 4.56. The van der Waals surface area contributed by atoms with Crippen LogP contribution in [0.15, 0.2) is 41.0 Å². The number of benzene rings is 1. The molecule has 3 aromatic rings. The Morgan fingerprint density at radius 3 is 2.64 bits per heavy atom. The van der Waals surface area contributed by atoms with E-state index >= 15 is 0 Å². The first-order chi connectivity index (χ1) is 12.2. The number of hydrogen-bond acceptors (Lipinski definition) is 5. The number of aryl methyl sites for hydroxylation is 1. The number of likely N-dealkylation sites (tertiary alicyclic amines) is 1. The first kappa shape index (κ1) is 17.0. The minimum atomic E-state index is 0.657. The third-order valence-corrected chi connectivity index (χ3v) is 7.18. The second-order valence-electron chi connectivity index (χ2n) is 6.68. The second-order valence-corrected chi connectivity index (χ2v) is 8.83. The molecule has 3 nitrogen and oxygen atoms in total. The van der Waals surface area contributed by atoms with Gasteiger partial charge in [-0.25, -0.2) is 9.97 Å². The molecule has 0 atom stereocenters. The minimum Gasteiger partial charge on any atom is -0.306 e. The van der Waals surface area contributed by atoms with E-state index in [9.17, 15) is 0 Å². The molecule has 0 saturated carbocycles. The fourth-order valence-electron chi connectivity index (χ4n) is 3.33. The maximum atomic E-state index is 4.66. The van der Waals surface area contributed by atoms with Crippen LogP contribution in [0.1, 0.15) is 25.3 Å². The number of hydrogen-bond donors (Lipinski definition) is 0. The summed E-state index contributed by atoms with van der Waals surface area (Å²) in [5.41, 5.74) is 3.92. The standard InChI is InChI=1S/C20H23N3S2/c1-3-14-4-6-15(7-5-14)17-12-24-19-18(17)20(22-13-21-19)25-16-8-10-23(2)11-9-16/h4-7,12-13,16H,3,8-11H2,1-2H3. The van der Waals surface area contributed by atoms with Crippen LogP contribution in [0.4, 0.5) is 0 Å². The van der Waals surface area contributed by atoms with Gasteiger partial charge in [0.25, 0.3) is 0 Å². The van der Waals surface area contributed by atoms with Crippen LogP contribution < -0.4 is 0 Å². The van der Waals surface area contributed by atoms with Crippen molar-refractivity contribution < 1.29 is 0 Å². The highest BCUT2D eigenvalue weighted by atomic mass is 32.2. The van der Waals surface area contributed by atoms with Crippen molar-refractivity contribution in [2.24, 2.45) is 0 Å². The Bertz CT molecular complexity index is 849. The molecule has 0 unspecified atom stereocenters. The Balaban J connectivity index is 1.68. The van der Waals surface area contributed by atoms with Gasteiger partial charge < -0.3 is 4.90 Å². The average molecular weight is 370 g/mol. The lowest BCUT2D eigenvalue weighted by atomic mass is 10.0. The molecule has 0 spiro atoms. The van der Waals surface area contributed by atoms with E-state index in [2.05, 4.69) is 58.5 Å². The zero-order valence-corrected chi connectivity index (χ0v) is 16.4. The largest absolute Gasteiger partial charge is 0.306 e. The van der Waals surface area contributed by atoms with Crippen molar-refractivity contribution in [3.63, 3.8) is 0 Å². The van der Waals surface area contributed by atoms with Crippen molar-refractivity contribution in [2.45, 2.75) is 36.5 Å². The molecular formula is C20H23N3S2. The lowest BCUT2D eigenvalue weighted by Crippen LogP contribution is -2.31. The van der Waals surface area contributed by atoms with Crippen LogP contribution >= 0.6 is 23.1 Å². The number of nitrogens with zero attached hydrogens (tertiary/aromatic N) is 3. The Labute approximate surface area is 157 Å². The van der Waals surface area contributed by atoms with Gasteiger partial charge in [0, 0.05) is 16.2 Å². The van der Waals surface area contributed by atoms with Crippen LogP contribution in [0.3, 0.4) is 0 Å². The summed E-state index contributed by atoms with van der Waals surface area (Å²) < 4.78 is 0. The maximum absolute atomic E-state index is 4.66. The lowest BCUT2D eigenvalue weighted by Gasteiger charge is -2.28. The van der Waals surface area contributed by atoms with E-state index < -0.39 is 0 Å². The van der Waals surface area contributed by atoms with E-state index in [0.29, 0.717) is 5.25 Å². The van der Waals surface area contributed by atoms with Crippen LogP contribution in [-0.4, -0.2) is 40.3 Å². The van der Waals surface area contributed by atoms with Crippen molar-refractivity contribution in [1.82, 2.24) is 14.9 Å². The number of aromatic nitrogens is 2. The average Bonchev–Trinajstić information content (AvgIpc) is 3.09. The topological polar surface area (TPSA) is 29.0 Å². The number of piperidine rings is 1. The van der Waals surface area contributed by atoms with E-state index in [0.717, 1.165) is 16.3 Å². The van der Waals surface area contributed by atoms with Gasteiger partial charge >= 0.3 is 0 Å². The first-order valence-corrected chi connectivity index (χ1v) is 10.7. The summed E-state index contributed by atoms with van der Waals surface area (Å²) in [7, 11) is 2.21. The predicted molar refractivity (Wildman–Crippen MR) is 109 cm³/mol. The highest BCUT2D eigenvalue weighted by Gasteiger charge is 2.21. The molecule has 5 heteroatoms. The van der Waals surface area contributed by atoms with Gasteiger partial charge in [-0.1, -0.05) is 31.2 Å². The van der Waals surface area contributed by atoms with Gasteiger partial charge in [0.15, 0.2) is 0 Å². The third-order valence-electron chi connectivity index (χ3n) is 4.95. The monoisotopic (exact) mass is 369 g/mol. The van der Waals surface area contributed by atoms with Crippen LogP contribution in [-0.2, 0) is 6.42 Å². The molecule has 2 aromatic heterocycles. The van der Waals surface area contributed by atoms with Gasteiger partial charge in [-0.2, -0.15) is 0 Å². The summed E-state index contributed by atoms with van der Waals surface area (Å²) in [5, 5.41) is 5.28. The maximum Gasteiger partial charge on any atom is 0.128 e. The number of fused-ring (bicyclic) bond motifs is 1. The highest BCUT2D eigenvalue weighted by Crippen LogP contribution is 2.40. The normalized spacial score (nSPS) is 16.6. The molecule has 1 aliphatic heterocycles. The lowest BCUT2D eigenvalue weighted by molar-refractivity contribution is 0.282. The van der Waals surface area contributed by atoms with Crippen molar-refractivity contribution in [3.8, 4) is 11.1 Å². The zero-order valence-electron chi connectivity index (χ0n) is 14.7. The Kier molecular flexibility index (Phi) is 5.06. The van der Waals surface area contributed by atoms with Crippen LogP contribution in [0.2, 0.25) is 0 Å². The highest BCUT2D eigenvalue weighted by molar-refractivity contribution is 8.00. The second kappa shape index (κ2) is 7.44. The van der Waals surface area contributed by atoms with E-state index in [1.165, 1.54) is 48.0 Å². The molecule has 0 amide bonds. The van der Waals surface area contributed by atoms with E-state index in [-0.39, 0.29) is 0 Å². The third kappa shape index (κ3) is 3.59. The van der Waals surface area contributed by atoms with Crippen LogP contribution in [0.25, 0.3) is 21.3 Å². The molecular weight excluding hydrogens is 346 g/mol. The van der Waals surface area contributed by atoms with Crippen molar-refractivity contribution in [3.05, 3.63) is 41.5 Å². The quantitative estimate of drug-likeness (QED) is 0.598. The molecule has 130 valence electrons. The van der Waals surface area contributed by atoms with Crippen LogP contribution in [0, 0.1) is 0 Å². The summed E-state index contributed by atoms with van der Waals surface area (Å²) in [6.07, 6.45) is 5.26. The number of thioether (sulfide) groups is 1. The summed E-state index contributed by atoms with van der Waals surface area (Å²) in [6, 6.07) is 8.92. The van der Waals surface area contributed by atoms with Gasteiger partial charge in [-0.3, -0.25) is 0 Å². The molecule has 1 aromatic carbocycles. The first-order valence-electron chi connectivity index (χ1n) is 8.91. The van der Waals surface area contributed by atoms with Gasteiger partial charge in [0.2, 0.25) is 0 Å². The Morgan fingerprint density at radius 2 is 1.92 bits per heavy atom. The van der Waals surface area contributed by atoms with Crippen molar-refractivity contribution in [2.75, 3.05) is 20.1 Å².